The molecule has 0 bridgehead atoms. The van der Waals surface area contributed by atoms with Crippen LogP contribution in [0.3, 0.4) is 0 Å². The van der Waals surface area contributed by atoms with Crippen molar-refractivity contribution in [3.8, 4) is 10.6 Å². The Morgan fingerprint density at radius 1 is 0.967 bits per heavy atom. The molecule has 0 fully saturated rings. The van der Waals surface area contributed by atoms with Gasteiger partial charge in [0.05, 0.1) is 16.3 Å². The van der Waals surface area contributed by atoms with Crippen LogP contribution in [0.5, 0.6) is 0 Å². The second-order valence-electron chi connectivity index (χ2n) is 6.71. The highest BCUT2D eigenvalue weighted by atomic mass is 32.1. The number of anilines is 1. The Balaban J connectivity index is 1.45. The van der Waals surface area contributed by atoms with Gasteiger partial charge in [0, 0.05) is 6.20 Å². The third-order valence-electron chi connectivity index (χ3n) is 4.53. The number of nitrogens with zero attached hydrogens (tertiary/aromatic N) is 2. The van der Waals surface area contributed by atoms with Gasteiger partial charge in [-0.3, -0.25) is 15.1 Å². The monoisotopic (exact) mass is 415 g/mol. The molecule has 1 amide bonds. The molecule has 2 heterocycles. The molecule has 30 heavy (non-hydrogen) atoms. The minimum absolute atomic E-state index is 0.0774. The zero-order valence-electron chi connectivity index (χ0n) is 16.5. The number of hydrogen-bond donors (Lipinski definition) is 1. The van der Waals surface area contributed by atoms with Crippen molar-refractivity contribution in [1.82, 2.24) is 9.97 Å². The van der Waals surface area contributed by atoms with Gasteiger partial charge in [-0.1, -0.05) is 78.1 Å². The summed E-state index contributed by atoms with van der Waals surface area (Å²) in [4.78, 5) is 22.3. The van der Waals surface area contributed by atoms with E-state index in [4.69, 9.17) is 4.74 Å². The van der Waals surface area contributed by atoms with E-state index in [1.165, 1.54) is 11.3 Å². The number of carbonyl (C=O) groups is 1. The van der Waals surface area contributed by atoms with Crippen molar-refractivity contribution < 1.29 is 9.53 Å². The molecule has 0 aliphatic rings. The Kier molecular flexibility index (Phi) is 6.27. The van der Waals surface area contributed by atoms with Crippen LogP contribution in [-0.4, -0.2) is 22.5 Å². The molecule has 1 N–H and O–H groups in total. The summed E-state index contributed by atoms with van der Waals surface area (Å²) in [6.07, 6.45) is 1.42. The van der Waals surface area contributed by atoms with Crippen molar-refractivity contribution in [3.63, 3.8) is 0 Å². The van der Waals surface area contributed by atoms with E-state index < -0.39 is 0 Å². The van der Waals surface area contributed by atoms with E-state index >= 15 is 0 Å². The van der Waals surface area contributed by atoms with Gasteiger partial charge in [-0.15, -0.1) is 0 Å². The number of amides is 1. The molecule has 0 saturated heterocycles. The van der Waals surface area contributed by atoms with Crippen molar-refractivity contribution in [2.24, 2.45) is 0 Å². The van der Waals surface area contributed by atoms with Gasteiger partial charge in [-0.25, -0.2) is 4.98 Å². The third kappa shape index (κ3) is 4.79. The van der Waals surface area contributed by atoms with Crippen LogP contribution >= 0.6 is 11.3 Å². The highest BCUT2D eigenvalue weighted by Gasteiger charge is 2.17. The third-order valence-corrected chi connectivity index (χ3v) is 5.62. The van der Waals surface area contributed by atoms with E-state index in [1.54, 1.807) is 6.20 Å². The van der Waals surface area contributed by atoms with E-state index in [0.29, 0.717) is 5.13 Å². The van der Waals surface area contributed by atoms with Crippen LogP contribution in [0.15, 0.2) is 85.1 Å². The first-order valence-corrected chi connectivity index (χ1v) is 10.4. The average molecular weight is 416 g/mol. The number of benzene rings is 2. The van der Waals surface area contributed by atoms with Crippen LogP contribution in [0, 0.1) is 6.92 Å². The fourth-order valence-corrected chi connectivity index (χ4v) is 4.10. The lowest BCUT2D eigenvalue weighted by molar-refractivity contribution is -0.121. The van der Waals surface area contributed by atoms with Crippen molar-refractivity contribution in [3.05, 3.63) is 102 Å². The van der Waals surface area contributed by atoms with Crippen LogP contribution in [0.2, 0.25) is 0 Å². The molecule has 0 atom stereocenters. The van der Waals surface area contributed by atoms with Crippen LogP contribution in [0.4, 0.5) is 5.13 Å². The molecule has 2 aromatic heterocycles. The quantitative estimate of drug-likeness (QED) is 0.447. The fourth-order valence-electron chi connectivity index (χ4n) is 3.14. The van der Waals surface area contributed by atoms with Gasteiger partial charge >= 0.3 is 0 Å². The molecule has 0 saturated carbocycles. The first-order chi connectivity index (χ1) is 14.7. The number of hydrogen-bond acceptors (Lipinski definition) is 5. The number of aromatic nitrogens is 2. The summed E-state index contributed by atoms with van der Waals surface area (Å²) < 4.78 is 6.02. The number of nitrogens with one attached hydrogen (secondary N) is 1. The molecule has 0 aliphatic carbocycles. The highest BCUT2D eigenvalue weighted by Crippen LogP contribution is 2.31. The predicted octanol–water partition coefficient (Wildman–Crippen LogP) is 5.26. The number of aryl methyl sites for hydroxylation is 1. The fraction of sp³-hybridized carbons (Fsp3) is 0.125. The topological polar surface area (TPSA) is 64.1 Å². The lowest BCUT2D eigenvalue weighted by Crippen LogP contribution is -2.20. The van der Waals surface area contributed by atoms with E-state index in [9.17, 15) is 4.79 Å². The first-order valence-electron chi connectivity index (χ1n) is 9.61. The minimum Gasteiger partial charge on any atom is -0.359 e. The summed E-state index contributed by atoms with van der Waals surface area (Å²) in [6, 6.07) is 25.5. The van der Waals surface area contributed by atoms with Gasteiger partial charge in [0.1, 0.15) is 12.7 Å². The van der Waals surface area contributed by atoms with Crippen molar-refractivity contribution >= 4 is 22.4 Å². The summed E-state index contributed by atoms with van der Waals surface area (Å²) in [7, 11) is 0. The lowest BCUT2D eigenvalue weighted by atomic mass is 10.0. The van der Waals surface area contributed by atoms with Crippen LogP contribution in [0.25, 0.3) is 10.6 Å². The Labute approximate surface area is 179 Å². The largest absolute Gasteiger partial charge is 0.359 e. The van der Waals surface area contributed by atoms with Gasteiger partial charge in [-0.05, 0) is 30.2 Å². The number of carbonyl (C=O) groups excluding carboxylic acids is 1. The van der Waals surface area contributed by atoms with E-state index in [-0.39, 0.29) is 18.6 Å². The minimum atomic E-state index is -0.319. The molecule has 5 nitrogen and oxygen atoms in total. The zero-order chi connectivity index (χ0) is 20.8. The van der Waals surface area contributed by atoms with Crippen molar-refractivity contribution in [2.45, 2.75) is 13.0 Å². The summed E-state index contributed by atoms with van der Waals surface area (Å²) in [5.41, 5.74) is 3.68. The molecule has 2 aromatic carbocycles. The number of ether oxygens (including phenoxy) is 1. The number of thiazole rings is 1. The molecular formula is C24H21N3O2S. The second-order valence-corrected chi connectivity index (χ2v) is 7.71. The van der Waals surface area contributed by atoms with Crippen LogP contribution < -0.4 is 5.32 Å². The Morgan fingerprint density at radius 2 is 1.60 bits per heavy atom. The molecule has 150 valence electrons. The Hall–Kier alpha value is -3.35. The molecule has 0 aliphatic heterocycles. The summed E-state index contributed by atoms with van der Waals surface area (Å²) >= 11 is 1.41. The molecule has 0 spiro atoms. The van der Waals surface area contributed by atoms with E-state index in [1.807, 2.05) is 85.8 Å². The standard InChI is InChI=1S/C24H21N3O2S/c1-17-23(20-14-8-9-15-25-20)30-24(26-17)27-21(28)16-29-22(18-10-4-2-5-11-18)19-12-6-3-7-13-19/h2-15,22H,16H2,1H3,(H,26,27,28). The number of pyridine rings is 1. The smallest absolute Gasteiger partial charge is 0.252 e. The number of rotatable bonds is 7. The van der Waals surface area contributed by atoms with Crippen molar-refractivity contribution in [2.75, 3.05) is 11.9 Å². The normalized spacial score (nSPS) is 10.9. The summed E-state index contributed by atoms with van der Waals surface area (Å²) in [6.45, 7) is 1.83. The second kappa shape index (κ2) is 9.43. The van der Waals surface area contributed by atoms with Gasteiger partial charge < -0.3 is 4.74 Å². The molecule has 0 radical (unpaired) electrons. The molecule has 0 unspecified atom stereocenters. The first kappa shape index (κ1) is 19.9. The average Bonchev–Trinajstić information content (AvgIpc) is 3.16. The maximum atomic E-state index is 12.6. The van der Waals surface area contributed by atoms with Crippen LogP contribution in [0.1, 0.15) is 22.9 Å². The van der Waals surface area contributed by atoms with Gasteiger partial charge in [0.2, 0.25) is 0 Å². The van der Waals surface area contributed by atoms with Crippen molar-refractivity contribution in [1.29, 1.82) is 0 Å². The van der Waals surface area contributed by atoms with E-state index in [2.05, 4.69) is 15.3 Å². The molecule has 4 rings (SSSR count). The lowest BCUT2D eigenvalue weighted by Gasteiger charge is -2.18. The van der Waals surface area contributed by atoms with Gasteiger partial charge in [0.15, 0.2) is 5.13 Å². The molecule has 4 aromatic rings. The Bertz CT molecular complexity index is 1060. The maximum Gasteiger partial charge on any atom is 0.252 e. The highest BCUT2D eigenvalue weighted by molar-refractivity contribution is 7.19. The zero-order valence-corrected chi connectivity index (χ0v) is 17.3. The van der Waals surface area contributed by atoms with E-state index in [0.717, 1.165) is 27.4 Å². The van der Waals surface area contributed by atoms with Crippen LogP contribution in [-0.2, 0) is 9.53 Å². The van der Waals surface area contributed by atoms with Gasteiger partial charge in [0.25, 0.3) is 5.91 Å². The molecular weight excluding hydrogens is 394 g/mol. The van der Waals surface area contributed by atoms with Gasteiger partial charge in [-0.2, -0.15) is 0 Å². The SMILES string of the molecule is Cc1nc(NC(=O)COC(c2ccccc2)c2ccccc2)sc1-c1ccccn1. The summed E-state index contributed by atoms with van der Waals surface area (Å²) in [5.74, 6) is -0.242. The Morgan fingerprint density at radius 3 is 2.20 bits per heavy atom. The summed E-state index contributed by atoms with van der Waals surface area (Å²) in [5, 5.41) is 3.39. The molecule has 6 heteroatoms. The maximum absolute atomic E-state index is 12.6. The predicted molar refractivity (Wildman–Crippen MR) is 119 cm³/mol.